The lowest BCUT2D eigenvalue weighted by Crippen LogP contribution is -2.41. The fourth-order valence-electron chi connectivity index (χ4n) is 4.72. The van der Waals surface area contributed by atoms with Crippen molar-refractivity contribution >= 4 is 11.9 Å². The zero-order valence-corrected chi connectivity index (χ0v) is 18.2. The van der Waals surface area contributed by atoms with Gasteiger partial charge in [0.25, 0.3) is 0 Å². The topological polar surface area (TPSA) is 104 Å². The molecule has 0 heterocycles. The molecule has 0 spiro atoms. The van der Waals surface area contributed by atoms with E-state index >= 15 is 0 Å². The van der Waals surface area contributed by atoms with Gasteiger partial charge in [0, 0.05) is 10.0 Å². The van der Waals surface area contributed by atoms with Crippen molar-refractivity contribution in [1.29, 1.82) is 0 Å². The van der Waals surface area contributed by atoms with E-state index in [-0.39, 0.29) is 36.5 Å². The van der Waals surface area contributed by atoms with E-state index in [4.69, 9.17) is 14.0 Å². The van der Waals surface area contributed by atoms with Crippen molar-refractivity contribution in [2.45, 2.75) is 84.5 Å². The van der Waals surface area contributed by atoms with E-state index in [1.54, 1.807) is 6.92 Å². The number of aliphatic hydroxyl groups excluding tert-OH is 2. The van der Waals surface area contributed by atoms with Crippen molar-refractivity contribution < 1.29 is 33.8 Å². The average molecular weight is 426 g/mol. The molecule has 2 aliphatic rings. The van der Waals surface area contributed by atoms with E-state index in [9.17, 15) is 19.8 Å². The van der Waals surface area contributed by atoms with Crippen LogP contribution in [0.15, 0.2) is 23.8 Å². The van der Waals surface area contributed by atoms with Crippen LogP contribution in [0.25, 0.3) is 0 Å². The molecular formula is C24H38O6. The molecule has 0 aromatic carbocycles. The van der Waals surface area contributed by atoms with Gasteiger partial charge in [0.2, 0.25) is 0 Å². The molecule has 0 unspecified atom stereocenters. The van der Waals surface area contributed by atoms with Crippen molar-refractivity contribution in [2.75, 3.05) is 0 Å². The first-order chi connectivity index (χ1) is 15.3. The largest absolute Gasteiger partial charge is 0.481 e. The van der Waals surface area contributed by atoms with E-state index in [1.807, 2.05) is 6.92 Å². The first-order valence-corrected chi connectivity index (χ1v) is 11.0. The number of hydrogen-bond acceptors (Lipinski definition) is 5. The van der Waals surface area contributed by atoms with Crippen molar-refractivity contribution in [2.24, 2.45) is 29.6 Å². The summed E-state index contributed by atoms with van der Waals surface area (Å²) < 4.78 is 28.9. The van der Waals surface area contributed by atoms with Gasteiger partial charge in [-0.3, -0.25) is 9.59 Å². The minimum atomic E-state index is -2.41. The molecule has 0 bridgehead atoms. The van der Waals surface area contributed by atoms with Crippen LogP contribution in [-0.2, 0) is 14.3 Å². The van der Waals surface area contributed by atoms with E-state index in [2.05, 4.69) is 25.2 Å². The van der Waals surface area contributed by atoms with Gasteiger partial charge < -0.3 is 20.1 Å². The van der Waals surface area contributed by atoms with Crippen LogP contribution in [0.3, 0.4) is 0 Å². The monoisotopic (exact) mass is 425 g/mol. The molecular weight excluding hydrogens is 384 g/mol. The second-order valence-electron chi connectivity index (χ2n) is 8.94. The Morgan fingerprint density at radius 1 is 1.30 bits per heavy atom. The van der Waals surface area contributed by atoms with Gasteiger partial charge in [0.1, 0.15) is 6.10 Å². The summed E-state index contributed by atoms with van der Waals surface area (Å²) in [6, 6.07) is 0. The van der Waals surface area contributed by atoms with Crippen LogP contribution < -0.4 is 0 Å². The maximum Gasteiger partial charge on any atom is 0.308 e. The SMILES string of the molecule is [2H]C([2H])([2H])[C@H](CC)C(=O)O[C@H]1C[C@@H](C)C=C2C=C[C@H](C)[C@H](CC[C@@H](O)C[C@@H](O)CC(=O)O)[C@H]21. The molecule has 0 aliphatic heterocycles. The summed E-state index contributed by atoms with van der Waals surface area (Å²) in [6.07, 6.45) is 5.28. The zero-order valence-electron chi connectivity index (χ0n) is 21.2. The number of carboxylic acid groups (broad SMARTS) is 1. The van der Waals surface area contributed by atoms with Crippen LogP contribution in [0.1, 0.15) is 70.3 Å². The number of esters is 1. The standard InChI is InChI=1S/C24H38O6/c1-5-15(3)24(29)30-21-11-14(2)10-17-7-6-16(4)20(23(17)21)9-8-18(25)12-19(26)13-22(27)28/h6-7,10,14-16,18-21,23,25-26H,5,8-9,11-13H2,1-4H3,(H,27,28)/t14-,15+,16-,18+,19+,20-,21-,23-/m0/s1/i3D3. The molecule has 170 valence electrons. The number of rotatable bonds is 10. The van der Waals surface area contributed by atoms with Crippen molar-refractivity contribution in [1.82, 2.24) is 0 Å². The number of fused-ring (bicyclic) bond motifs is 1. The number of carbonyl (C=O) groups excluding carboxylic acids is 1. The van der Waals surface area contributed by atoms with E-state index < -0.39 is 49.4 Å². The lowest BCUT2D eigenvalue weighted by Gasteiger charge is -2.43. The zero-order chi connectivity index (χ0) is 24.9. The Morgan fingerprint density at radius 3 is 2.67 bits per heavy atom. The number of ether oxygens (including phenoxy) is 1. The molecule has 0 aromatic rings. The van der Waals surface area contributed by atoms with Crippen molar-refractivity contribution in [3.63, 3.8) is 0 Å². The van der Waals surface area contributed by atoms with Gasteiger partial charge in [-0.25, -0.2) is 0 Å². The Bertz CT molecular complexity index is 747. The van der Waals surface area contributed by atoms with Gasteiger partial charge in [-0.1, -0.05) is 45.9 Å². The molecule has 3 N–H and O–H groups in total. The normalized spacial score (nSPS) is 33.2. The molecule has 6 nitrogen and oxygen atoms in total. The highest BCUT2D eigenvalue weighted by Crippen LogP contribution is 2.45. The second kappa shape index (κ2) is 11.1. The third kappa shape index (κ3) is 6.67. The Kier molecular flexibility index (Phi) is 7.49. The summed E-state index contributed by atoms with van der Waals surface area (Å²) in [4.78, 5) is 23.5. The molecule has 0 fully saturated rings. The second-order valence-corrected chi connectivity index (χ2v) is 8.94. The van der Waals surface area contributed by atoms with Crippen LogP contribution in [0, 0.1) is 29.6 Å². The first kappa shape index (κ1) is 20.3. The molecule has 0 amide bonds. The molecule has 8 atom stereocenters. The molecule has 0 aromatic heterocycles. The van der Waals surface area contributed by atoms with E-state index in [1.165, 1.54) is 0 Å². The number of aliphatic carboxylic acids is 1. The lowest BCUT2D eigenvalue weighted by molar-refractivity contribution is -0.158. The molecule has 2 aliphatic carbocycles. The molecule has 0 saturated heterocycles. The highest BCUT2D eigenvalue weighted by atomic mass is 16.5. The first-order valence-electron chi connectivity index (χ1n) is 12.5. The van der Waals surface area contributed by atoms with Crippen LogP contribution >= 0.6 is 0 Å². The average Bonchev–Trinajstić information content (AvgIpc) is 2.65. The van der Waals surface area contributed by atoms with Gasteiger partial charge in [-0.2, -0.15) is 0 Å². The van der Waals surface area contributed by atoms with Gasteiger partial charge in [-0.05, 0) is 55.4 Å². The molecule has 0 radical (unpaired) electrons. The molecule has 30 heavy (non-hydrogen) atoms. The number of hydrogen-bond donors (Lipinski definition) is 3. The van der Waals surface area contributed by atoms with Crippen LogP contribution in [0.5, 0.6) is 0 Å². The number of carboxylic acids is 1. The van der Waals surface area contributed by atoms with Crippen molar-refractivity contribution in [3.05, 3.63) is 23.8 Å². The minimum Gasteiger partial charge on any atom is -0.481 e. The summed E-state index contributed by atoms with van der Waals surface area (Å²) in [7, 11) is 0. The summed E-state index contributed by atoms with van der Waals surface area (Å²) in [5.41, 5.74) is 1.07. The number of allylic oxidation sites excluding steroid dienone is 3. The smallest absolute Gasteiger partial charge is 0.308 e. The maximum absolute atomic E-state index is 12.8. The maximum atomic E-state index is 12.8. The fraction of sp³-hybridized carbons (Fsp3) is 0.750. The molecule has 2 rings (SSSR count). The van der Waals surface area contributed by atoms with Crippen LogP contribution in [0.2, 0.25) is 0 Å². The van der Waals surface area contributed by atoms with E-state index in [0.717, 1.165) is 5.57 Å². The van der Waals surface area contributed by atoms with Crippen LogP contribution in [-0.4, -0.2) is 45.6 Å². The minimum absolute atomic E-state index is 0.0111. The summed E-state index contributed by atoms with van der Waals surface area (Å²) >= 11 is 0. The summed E-state index contributed by atoms with van der Waals surface area (Å²) in [5, 5.41) is 29.0. The highest BCUT2D eigenvalue weighted by molar-refractivity contribution is 5.72. The third-order valence-corrected chi connectivity index (χ3v) is 6.34. The Labute approximate surface area is 184 Å². The van der Waals surface area contributed by atoms with E-state index in [0.29, 0.717) is 19.3 Å². The van der Waals surface area contributed by atoms with Gasteiger partial charge >= 0.3 is 11.9 Å². The Morgan fingerprint density at radius 2 is 2.03 bits per heavy atom. The predicted octanol–water partition coefficient (Wildman–Crippen LogP) is 3.72. The summed E-state index contributed by atoms with van der Waals surface area (Å²) in [5.74, 6) is -2.66. The van der Waals surface area contributed by atoms with Gasteiger partial charge in [-0.15, -0.1) is 0 Å². The Hall–Kier alpha value is -1.66. The quantitative estimate of drug-likeness (QED) is 0.461. The Balaban J connectivity index is 2.15. The summed E-state index contributed by atoms with van der Waals surface area (Å²) in [6.45, 7) is 3.36. The van der Waals surface area contributed by atoms with Crippen molar-refractivity contribution in [3.8, 4) is 0 Å². The molecule has 0 saturated carbocycles. The fourth-order valence-corrected chi connectivity index (χ4v) is 4.72. The van der Waals surface area contributed by atoms with Crippen LogP contribution in [0.4, 0.5) is 0 Å². The molecule has 6 heteroatoms. The van der Waals surface area contributed by atoms with Gasteiger partial charge in [0.05, 0.1) is 24.5 Å². The predicted molar refractivity (Wildman–Crippen MR) is 115 cm³/mol. The number of aliphatic hydroxyl groups is 2. The third-order valence-electron chi connectivity index (χ3n) is 6.34. The highest BCUT2D eigenvalue weighted by Gasteiger charge is 2.41. The van der Waals surface area contributed by atoms with Gasteiger partial charge in [0.15, 0.2) is 0 Å². The lowest BCUT2D eigenvalue weighted by atomic mass is 9.65. The number of carbonyl (C=O) groups is 2.